The highest BCUT2D eigenvalue weighted by molar-refractivity contribution is 5.56. The molecule has 19 heavy (non-hydrogen) atoms. The number of likely N-dealkylation sites (tertiary alicyclic amines) is 1. The van der Waals surface area contributed by atoms with E-state index >= 15 is 0 Å². The van der Waals surface area contributed by atoms with Gasteiger partial charge in [-0.25, -0.2) is 9.97 Å². The van der Waals surface area contributed by atoms with Gasteiger partial charge in [-0.3, -0.25) is 0 Å². The van der Waals surface area contributed by atoms with Gasteiger partial charge >= 0.3 is 0 Å². The van der Waals surface area contributed by atoms with Gasteiger partial charge in [0.15, 0.2) is 0 Å². The van der Waals surface area contributed by atoms with Crippen LogP contribution in [0.1, 0.15) is 31.7 Å². The molecule has 2 rings (SSSR count). The van der Waals surface area contributed by atoms with Crippen molar-refractivity contribution in [3.8, 4) is 0 Å². The summed E-state index contributed by atoms with van der Waals surface area (Å²) in [7, 11) is 2.22. The molecule has 0 saturated carbocycles. The lowest BCUT2D eigenvalue weighted by atomic mass is 10.1. The molecule has 0 aliphatic carbocycles. The maximum Gasteiger partial charge on any atom is 0.134 e. The first-order valence-corrected chi connectivity index (χ1v) is 7.22. The van der Waals surface area contributed by atoms with Crippen molar-refractivity contribution in [2.45, 2.75) is 39.2 Å². The molecule has 5 nitrogen and oxygen atoms in total. The van der Waals surface area contributed by atoms with Crippen LogP contribution < -0.4 is 10.6 Å². The predicted octanol–water partition coefficient (Wildman–Crippen LogP) is 2.11. The van der Waals surface area contributed by atoms with E-state index in [0.717, 1.165) is 36.3 Å². The number of hydrogen-bond acceptors (Lipinski definition) is 5. The molecule has 106 valence electrons. The molecule has 0 bridgehead atoms. The lowest BCUT2D eigenvalue weighted by Gasteiger charge is -2.20. The van der Waals surface area contributed by atoms with E-state index < -0.39 is 0 Å². The van der Waals surface area contributed by atoms with Crippen molar-refractivity contribution in [1.82, 2.24) is 14.9 Å². The van der Waals surface area contributed by atoms with Gasteiger partial charge in [-0.1, -0.05) is 0 Å². The molecule has 0 amide bonds. The van der Waals surface area contributed by atoms with Crippen LogP contribution in [0.2, 0.25) is 0 Å². The van der Waals surface area contributed by atoms with E-state index in [1.807, 2.05) is 0 Å². The van der Waals surface area contributed by atoms with Crippen molar-refractivity contribution in [2.75, 3.05) is 37.3 Å². The van der Waals surface area contributed by atoms with Crippen LogP contribution in [0.4, 0.5) is 11.6 Å². The van der Waals surface area contributed by atoms with Gasteiger partial charge in [-0.2, -0.15) is 0 Å². The Morgan fingerprint density at radius 3 is 2.68 bits per heavy atom. The molecule has 1 atom stereocenters. The van der Waals surface area contributed by atoms with Crippen molar-refractivity contribution in [2.24, 2.45) is 0 Å². The first-order valence-electron chi connectivity index (χ1n) is 7.22. The normalized spacial score (nSPS) is 19.6. The fourth-order valence-electron chi connectivity index (χ4n) is 2.68. The second-order valence-electron chi connectivity index (χ2n) is 5.22. The largest absolute Gasteiger partial charge is 0.370 e. The maximum absolute atomic E-state index is 4.33. The first kappa shape index (κ1) is 14.1. The van der Waals surface area contributed by atoms with E-state index in [1.165, 1.54) is 25.8 Å². The Labute approximate surface area is 115 Å². The monoisotopic (exact) mass is 263 g/mol. The molecule has 1 fully saturated rings. The summed E-state index contributed by atoms with van der Waals surface area (Å²) < 4.78 is 0. The lowest BCUT2D eigenvalue weighted by Crippen LogP contribution is -2.27. The van der Waals surface area contributed by atoms with Crippen LogP contribution in [0, 0.1) is 6.92 Å². The average molecular weight is 263 g/mol. The van der Waals surface area contributed by atoms with E-state index in [2.05, 4.69) is 46.4 Å². The molecule has 2 N–H and O–H groups in total. The van der Waals surface area contributed by atoms with Crippen molar-refractivity contribution in [3.63, 3.8) is 0 Å². The molecule has 1 unspecified atom stereocenters. The third-order valence-corrected chi connectivity index (χ3v) is 3.87. The lowest BCUT2D eigenvalue weighted by molar-refractivity contribution is 0.301. The number of anilines is 2. The van der Waals surface area contributed by atoms with Gasteiger partial charge in [0, 0.05) is 24.7 Å². The zero-order valence-corrected chi connectivity index (χ0v) is 12.2. The van der Waals surface area contributed by atoms with E-state index in [9.17, 15) is 0 Å². The average Bonchev–Trinajstić information content (AvgIpc) is 2.80. The highest BCUT2D eigenvalue weighted by Crippen LogP contribution is 2.20. The minimum atomic E-state index is 0.725. The van der Waals surface area contributed by atoms with Gasteiger partial charge in [-0.05, 0) is 46.7 Å². The summed E-state index contributed by atoms with van der Waals surface area (Å²) in [5.74, 6) is 1.88. The molecular weight excluding hydrogens is 238 g/mol. The molecular formula is C14H25N5. The third-order valence-electron chi connectivity index (χ3n) is 3.87. The van der Waals surface area contributed by atoms with Crippen LogP contribution in [-0.2, 0) is 0 Å². The van der Waals surface area contributed by atoms with Gasteiger partial charge in [0.2, 0.25) is 0 Å². The second-order valence-corrected chi connectivity index (χ2v) is 5.22. The molecule has 1 saturated heterocycles. The Kier molecular flexibility index (Phi) is 4.96. The van der Waals surface area contributed by atoms with Crippen molar-refractivity contribution in [1.29, 1.82) is 0 Å². The fourth-order valence-corrected chi connectivity index (χ4v) is 2.68. The minimum absolute atomic E-state index is 0.725. The highest BCUT2D eigenvalue weighted by atomic mass is 15.1. The number of aromatic nitrogens is 2. The summed E-state index contributed by atoms with van der Waals surface area (Å²) in [6.07, 6.45) is 5.45. The van der Waals surface area contributed by atoms with E-state index in [-0.39, 0.29) is 0 Å². The van der Waals surface area contributed by atoms with Crippen LogP contribution in [-0.4, -0.2) is 47.6 Å². The number of nitrogens with zero attached hydrogens (tertiary/aromatic N) is 3. The molecule has 1 aromatic rings. The van der Waals surface area contributed by atoms with Crippen LogP contribution in [0.3, 0.4) is 0 Å². The SMILES string of the molecule is CCNc1ncnc(NCCC2CCCN2C)c1C. The van der Waals surface area contributed by atoms with Crippen molar-refractivity contribution in [3.05, 3.63) is 11.9 Å². The van der Waals surface area contributed by atoms with E-state index in [4.69, 9.17) is 0 Å². The molecule has 0 spiro atoms. The quantitative estimate of drug-likeness (QED) is 0.823. The van der Waals surface area contributed by atoms with Crippen LogP contribution in [0.25, 0.3) is 0 Å². The highest BCUT2D eigenvalue weighted by Gasteiger charge is 2.20. The van der Waals surface area contributed by atoms with Gasteiger partial charge < -0.3 is 15.5 Å². The third kappa shape index (κ3) is 3.56. The maximum atomic E-state index is 4.33. The van der Waals surface area contributed by atoms with Crippen molar-refractivity contribution < 1.29 is 0 Å². The molecule has 1 aromatic heterocycles. The summed E-state index contributed by atoms with van der Waals surface area (Å²) in [6.45, 7) is 7.22. The first-order chi connectivity index (χ1) is 9.22. The Morgan fingerprint density at radius 2 is 2.05 bits per heavy atom. The van der Waals surface area contributed by atoms with E-state index in [0.29, 0.717) is 0 Å². The fraction of sp³-hybridized carbons (Fsp3) is 0.714. The molecule has 1 aliphatic heterocycles. The predicted molar refractivity (Wildman–Crippen MR) is 79.7 cm³/mol. The summed E-state index contributed by atoms with van der Waals surface area (Å²) in [4.78, 5) is 11.0. The number of rotatable bonds is 6. The second kappa shape index (κ2) is 6.70. The Balaban J connectivity index is 1.87. The smallest absolute Gasteiger partial charge is 0.134 e. The van der Waals surface area contributed by atoms with Gasteiger partial charge in [0.1, 0.15) is 18.0 Å². The zero-order chi connectivity index (χ0) is 13.7. The topological polar surface area (TPSA) is 53.1 Å². The Hall–Kier alpha value is -1.36. The van der Waals surface area contributed by atoms with Gasteiger partial charge in [0.05, 0.1) is 0 Å². The molecule has 0 aromatic carbocycles. The Morgan fingerprint density at radius 1 is 1.32 bits per heavy atom. The van der Waals surface area contributed by atoms with Gasteiger partial charge in [0.25, 0.3) is 0 Å². The zero-order valence-electron chi connectivity index (χ0n) is 12.2. The van der Waals surface area contributed by atoms with E-state index in [1.54, 1.807) is 6.33 Å². The standard InChI is InChI=1S/C14H25N5/c1-4-15-13-11(2)14(18-10-17-13)16-8-7-12-6-5-9-19(12)3/h10,12H,4-9H2,1-3H3,(H2,15,16,17,18). The summed E-state index contributed by atoms with van der Waals surface area (Å²) >= 11 is 0. The summed E-state index contributed by atoms with van der Waals surface area (Å²) in [5, 5.41) is 6.70. The summed E-state index contributed by atoms with van der Waals surface area (Å²) in [5.41, 5.74) is 1.10. The van der Waals surface area contributed by atoms with Crippen LogP contribution >= 0.6 is 0 Å². The molecule has 1 aliphatic rings. The Bertz CT molecular complexity index is 407. The summed E-state index contributed by atoms with van der Waals surface area (Å²) in [6, 6.07) is 0.725. The van der Waals surface area contributed by atoms with Crippen LogP contribution in [0.15, 0.2) is 6.33 Å². The van der Waals surface area contributed by atoms with Crippen LogP contribution in [0.5, 0.6) is 0 Å². The number of hydrogen-bond donors (Lipinski definition) is 2. The minimum Gasteiger partial charge on any atom is -0.370 e. The molecule has 2 heterocycles. The van der Waals surface area contributed by atoms with Crippen molar-refractivity contribution >= 4 is 11.6 Å². The number of nitrogens with one attached hydrogen (secondary N) is 2. The molecule has 5 heteroatoms. The molecule has 0 radical (unpaired) electrons. The van der Waals surface area contributed by atoms with Gasteiger partial charge in [-0.15, -0.1) is 0 Å².